The highest BCUT2D eigenvalue weighted by molar-refractivity contribution is 6.05. The second kappa shape index (κ2) is 13.0. The van der Waals surface area contributed by atoms with E-state index in [-0.39, 0.29) is 24.3 Å². The van der Waals surface area contributed by atoms with Gasteiger partial charge in [-0.2, -0.15) is 0 Å². The van der Waals surface area contributed by atoms with Crippen LogP contribution < -0.4 is 9.80 Å². The normalized spacial score (nSPS) is 28.6. The van der Waals surface area contributed by atoms with Crippen LogP contribution in [-0.2, 0) is 19.1 Å². The summed E-state index contributed by atoms with van der Waals surface area (Å²) in [5.74, 6) is -1.85. The standard InChI is InChI=1S/C33H46N4O5/c1-4-19-35-20-11-13-26-27(30(35)39)28-31(40)37(21-9-7-8-10-23-38)29-32(41)36(22-12-18-33(28,29)42-26)25-16-14-24(15-17-25)34(5-2)6-3/h11-18,26-29,38H,4-10,19-23H2,1-3H3/t26-,27+,28-,29?,33-/m0/s1. The van der Waals surface area contributed by atoms with Crippen molar-refractivity contribution in [3.05, 3.63) is 48.6 Å². The van der Waals surface area contributed by atoms with E-state index in [1.807, 2.05) is 60.4 Å². The Morgan fingerprint density at radius 1 is 0.905 bits per heavy atom. The van der Waals surface area contributed by atoms with Crippen LogP contribution in [0, 0.1) is 11.8 Å². The summed E-state index contributed by atoms with van der Waals surface area (Å²) in [7, 11) is 0. The first kappa shape index (κ1) is 30.3. The van der Waals surface area contributed by atoms with Crippen LogP contribution in [-0.4, -0.2) is 96.3 Å². The Labute approximate surface area is 249 Å². The quantitative estimate of drug-likeness (QED) is 0.302. The summed E-state index contributed by atoms with van der Waals surface area (Å²) in [5, 5.41) is 9.20. The molecule has 0 radical (unpaired) electrons. The van der Waals surface area contributed by atoms with Crippen molar-refractivity contribution in [2.75, 3.05) is 55.7 Å². The van der Waals surface area contributed by atoms with Crippen LogP contribution in [0.1, 0.15) is 52.9 Å². The minimum atomic E-state index is -1.21. The number of hydrogen-bond donors (Lipinski definition) is 1. The molecule has 3 amide bonds. The van der Waals surface area contributed by atoms with Crippen molar-refractivity contribution in [2.45, 2.75) is 70.6 Å². The molecular weight excluding hydrogens is 532 g/mol. The van der Waals surface area contributed by atoms with Gasteiger partial charge in [0.05, 0.1) is 17.9 Å². The van der Waals surface area contributed by atoms with Crippen molar-refractivity contribution in [1.82, 2.24) is 9.80 Å². The number of ether oxygens (including phenoxy) is 1. The van der Waals surface area contributed by atoms with Crippen LogP contribution in [0.2, 0.25) is 0 Å². The molecule has 1 unspecified atom stereocenters. The van der Waals surface area contributed by atoms with E-state index in [1.54, 1.807) is 9.80 Å². The largest absolute Gasteiger partial charge is 0.396 e. The number of likely N-dealkylation sites (tertiary alicyclic amines) is 1. The highest BCUT2D eigenvalue weighted by Gasteiger charge is 2.71. The van der Waals surface area contributed by atoms with E-state index in [1.165, 1.54) is 0 Å². The molecule has 0 aromatic heterocycles. The van der Waals surface area contributed by atoms with Crippen LogP contribution in [0.3, 0.4) is 0 Å². The summed E-state index contributed by atoms with van der Waals surface area (Å²) in [6.45, 7) is 10.1. The molecular formula is C33H46N4O5. The van der Waals surface area contributed by atoms with Crippen molar-refractivity contribution >= 4 is 29.1 Å². The molecule has 0 bridgehead atoms. The van der Waals surface area contributed by atoms with Gasteiger partial charge in [-0.05, 0) is 57.4 Å². The van der Waals surface area contributed by atoms with E-state index in [4.69, 9.17) is 4.74 Å². The monoisotopic (exact) mass is 578 g/mol. The second-order valence-corrected chi connectivity index (χ2v) is 11.8. The number of nitrogens with zero attached hydrogens (tertiary/aromatic N) is 4. The molecule has 4 heterocycles. The van der Waals surface area contributed by atoms with Crippen molar-refractivity contribution in [1.29, 1.82) is 0 Å². The number of unbranched alkanes of at least 4 members (excludes halogenated alkanes) is 3. The lowest BCUT2D eigenvalue weighted by molar-refractivity contribution is -0.144. The Hall–Kier alpha value is -3.17. The van der Waals surface area contributed by atoms with Crippen LogP contribution in [0.4, 0.5) is 11.4 Å². The zero-order valence-electron chi connectivity index (χ0n) is 25.3. The number of rotatable bonds is 12. The topological polar surface area (TPSA) is 93.6 Å². The molecule has 5 atom stereocenters. The fourth-order valence-electron chi connectivity index (χ4n) is 7.31. The van der Waals surface area contributed by atoms with Crippen LogP contribution in [0.5, 0.6) is 0 Å². The Bertz CT molecular complexity index is 1200. The Balaban J connectivity index is 1.50. The predicted molar refractivity (Wildman–Crippen MR) is 163 cm³/mol. The maximum Gasteiger partial charge on any atom is 0.253 e. The van der Waals surface area contributed by atoms with E-state index < -0.39 is 29.6 Å². The summed E-state index contributed by atoms with van der Waals surface area (Å²) in [6.07, 6.45) is 11.1. The SMILES string of the molecule is CCCN1CC=C[C@@H]2O[C@]34C=CCN(c5ccc(N(CC)CC)cc5)C(=O)C3N(CCCCCCO)C(=O)[C@@H]4[C@@H]2C1=O. The number of amides is 3. The summed E-state index contributed by atoms with van der Waals surface area (Å²) in [6, 6.07) is 7.16. The van der Waals surface area contributed by atoms with Gasteiger partial charge >= 0.3 is 0 Å². The van der Waals surface area contributed by atoms with E-state index in [0.717, 1.165) is 43.7 Å². The molecule has 5 rings (SSSR count). The first-order valence-corrected chi connectivity index (χ1v) is 15.8. The minimum absolute atomic E-state index is 0.0698. The molecule has 0 aliphatic carbocycles. The molecule has 1 N–H and O–H groups in total. The van der Waals surface area contributed by atoms with Gasteiger partial charge < -0.3 is 29.4 Å². The van der Waals surface area contributed by atoms with Gasteiger partial charge in [-0.3, -0.25) is 14.4 Å². The summed E-state index contributed by atoms with van der Waals surface area (Å²) < 4.78 is 6.75. The lowest BCUT2D eigenvalue weighted by Crippen LogP contribution is -2.55. The average Bonchev–Trinajstić information content (AvgIpc) is 3.31. The molecule has 0 saturated carbocycles. The van der Waals surface area contributed by atoms with Gasteiger partial charge in [-0.25, -0.2) is 0 Å². The number of carbonyl (C=O) groups excluding carboxylic acids is 3. The lowest BCUT2D eigenvalue weighted by Gasteiger charge is -2.35. The predicted octanol–water partition coefficient (Wildman–Crippen LogP) is 3.38. The van der Waals surface area contributed by atoms with Gasteiger partial charge in [-0.15, -0.1) is 0 Å². The van der Waals surface area contributed by atoms with E-state index in [0.29, 0.717) is 39.0 Å². The molecule has 4 aliphatic heterocycles. The summed E-state index contributed by atoms with van der Waals surface area (Å²) >= 11 is 0. The molecule has 1 aromatic carbocycles. The Morgan fingerprint density at radius 2 is 1.64 bits per heavy atom. The third-order valence-corrected chi connectivity index (χ3v) is 9.33. The maximum absolute atomic E-state index is 14.6. The molecule has 1 spiro atoms. The van der Waals surface area contributed by atoms with Gasteiger partial charge in [0.1, 0.15) is 11.6 Å². The van der Waals surface area contributed by atoms with Crippen LogP contribution >= 0.6 is 0 Å². The van der Waals surface area contributed by atoms with Crippen molar-refractivity contribution in [3.8, 4) is 0 Å². The fraction of sp³-hybridized carbons (Fsp3) is 0.606. The highest BCUT2D eigenvalue weighted by Crippen LogP contribution is 2.53. The molecule has 9 nitrogen and oxygen atoms in total. The van der Waals surface area contributed by atoms with Gasteiger partial charge in [0.15, 0.2) is 0 Å². The number of fused-ring (bicyclic) bond motifs is 2. The van der Waals surface area contributed by atoms with Crippen LogP contribution in [0.15, 0.2) is 48.6 Å². The first-order valence-electron chi connectivity index (χ1n) is 15.8. The Kier molecular flexibility index (Phi) is 9.38. The summed E-state index contributed by atoms with van der Waals surface area (Å²) in [4.78, 5) is 50.3. The van der Waals surface area contributed by atoms with E-state index in [9.17, 15) is 19.5 Å². The molecule has 2 fully saturated rings. The Morgan fingerprint density at radius 3 is 2.33 bits per heavy atom. The fourth-order valence-corrected chi connectivity index (χ4v) is 7.31. The average molecular weight is 579 g/mol. The first-order chi connectivity index (χ1) is 20.4. The number of aliphatic hydroxyl groups is 1. The number of hydrogen-bond acceptors (Lipinski definition) is 6. The lowest BCUT2D eigenvalue weighted by atomic mass is 9.77. The smallest absolute Gasteiger partial charge is 0.253 e. The molecule has 9 heteroatoms. The third-order valence-electron chi connectivity index (χ3n) is 9.33. The maximum atomic E-state index is 14.6. The molecule has 1 aromatic rings. The zero-order valence-corrected chi connectivity index (χ0v) is 25.3. The molecule has 2 saturated heterocycles. The number of benzene rings is 1. The zero-order chi connectivity index (χ0) is 29.9. The number of anilines is 2. The van der Waals surface area contributed by atoms with Crippen molar-refractivity contribution < 1.29 is 24.2 Å². The van der Waals surface area contributed by atoms with Crippen molar-refractivity contribution in [2.24, 2.45) is 11.8 Å². The third kappa shape index (κ3) is 5.26. The van der Waals surface area contributed by atoms with Gasteiger partial charge in [0.25, 0.3) is 5.91 Å². The number of aliphatic hydroxyl groups excluding tert-OH is 1. The van der Waals surface area contributed by atoms with Crippen molar-refractivity contribution in [3.63, 3.8) is 0 Å². The summed E-state index contributed by atoms with van der Waals surface area (Å²) in [5.41, 5.74) is 0.660. The van der Waals surface area contributed by atoms with Crippen LogP contribution in [0.25, 0.3) is 0 Å². The highest BCUT2D eigenvalue weighted by atomic mass is 16.5. The minimum Gasteiger partial charge on any atom is -0.396 e. The molecule has 228 valence electrons. The van der Waals surface area contributed by atoms with Gasteiger partial charge in [0.2, 0.25) is 11.8 Å². The van der Waals surface area contributed by atoms with Gasteiger partial charge in [0, 0.05) is 57.3 Å². The van der Waals surface area contributed by atoms with Gasteiger partial charge in [-0.1, -0.05) is 44.1 Å². The molecule has 42 heavy (non-hydrogen) atoms. The second-order valence-electron chi connectivity index (χ2n) is 11.8. The number of carbonyl (C=O) groups is 3. The van der Waals surface area contributed by atoms with E-state index >= 15 is 0 Å². The molecule has 4 aliphatic rings. The van der Waals surface area contributed by atoms with E-state index in [2.05, 4.69) is 18.7 Å².